The number of thiophene rings is 1. The number of aliphatic hydroxyl groups is 1. The number of aliphatic hydroxyl groups excluding tert-OH is 1. The maximum absolute atomic E-state index is 12.7. The van der Waals surface area contributed by atoms with E-state index in [1.165, 1.54) is 28.8 Å². The van der Waals surface area contributed by atoms with Gasteiger partial charge in [0.05, 0.1) is 17.0 Å². The molecule has 0 fully saturated rings. The Labute approximate surface area is 137 Å². The summed E-state index contributed by atoms with van der Waals surface area (Å²) in [5, 5.41) is 9.14. The molecule has 0 aromatic carbocycles. The van der Waals surface area contributed by atoms with Gasteiger partial charge in [0.1, 0.15) is 4.90 Å². The van der Waals surface area contributed by atoms with Crippen LogP contribution in [0.15, 0.2) is 14.7 Å². The fraction of sp³-hybridized carbons (Fsp3) is 0.667. The standard InChI is InChI=1S/C12H20BrNO5S2/c1-18-6-3-4-14(5-7-19-2)21(16,17)11-8-10(9-15)20-12(11)13/h8,15H,3-7,9H2,1-2H3. The maximum Gasteiger partial charge on any atom is 0.245 e. The van der Waals surface area contributed by atoms with Crippen molar-refractivity contribution in [2.45, 2.75) is 17.9 Å². The van der Waals surface area contributed by atoms with E-state index < -0.39 is 10.0 Å². The average molecular weight is 402 g/mol. The van der Waals surface area contributed by atoms with E-state index in [1.54, 1.807) is 7.11 Å². The number of nitrogens with zero attached hydrogens (tertiary/aromatic N) is 1. The lowest BCUT2D eigenvalue weighted by Crippen LogP contribution is -2.35. The van der Waals surface area contributed by atoms with E-state index in [1.807, 2.05) is 0 Å². The molecule has 0 bridgehead atoms. The summed E-state index contributed by atoms with van der Waals surface area (Å²) in [4.78, 5) is 0.786. The van der Waals surface area contributed by atoms with Crippen LogP contribution in [0, 0.1) is 0 Å². The predicted octanol–water partition coefficient (Wildman–Crippen LogP) is 1.68. The number of hydrogen-bond acceptors (Lipinski definition) is 6. The van der Waals surface area contributed by atoms with Crippen LogP contribution in [-0.4, -0.2) is 58.4 Å². The molecular formula is C12H20BrNO5S2. The Hall–Kier alpha value is -0.0300. The maximum atomic E-state index is 12.7. The minimum absolute atomic E-state index is 0.180. The van der Waals surface area contributed by atoms with E-state index in [0.29, 0.717) is 34.8 Å². The molecule has 21 heavy (non-hydrogen) atoms. The summed E-state index contributed by atoms with van der Waals surface area (Å²) in [5.74, 6) is 0. The van der Waals surface area contributed by atoms with Crippen LogP contribution in [0.4, 0.5) is 0 Å². The van der Waals surface area contributed by atoms with Crippen LogP contribution in [0.25, 0.3) is 0 Å². The first kappa shape index (κ1) is 19.0. The van der Waals surface area contributed by atoms with Gasteiger partial charge < -0.3 is 14.6 Å². The van der Waals surface area contributed by atoms with Crippen molar-refractivity contribution in [3.05, 3.63) is 14.7 Å². The number of methoxy groups -OCH3 is 2. The zero-order valence-electron chi connectivity index (χ0n) is 12.0. The first-order chi connectivity index (χ1) is 9.97. The first-order valence-corrected chi connectivity index (χ1v) is 9.39. The fourth-order valence-electron chi connectivity index (χ4n) is 1.72. The second-order valence-electron chi connectivity index (χ2n) is 4.25. The van der Waals surface area contributed by atoms with E-state index >= 15 is 0 Å². The van der Waals surface area contributed by atoms with Gasteiger partial charge in [-0.2, -0.15) is 4.31 Å². The molecule has 1 N–H and O–H groups in total. The second-order valence-corrected chi connectivity index (χ2v) is 8.61. The number of halogens is 1. The van der Waals surface area contributed by atoms with Gasteiger partial charge >= 0.3 is 0 Å². The van der Waals surface area contributed by atoms with Crippen LogP contribution < -0.4 is 0 Å². The van der Waals surface area contributed by atoms with Crippen molar-refractivity contribution >= 4 is 37.3 Å². The first-order valence-electron chi connectivity index (χ1n) is 6.34. The van der Waals surface area contributed by atoms with E-state index in [9.17, 15) is 8.42 Å². The van der Waals surface area contributed by atoms with Crippen LogP contribution in [0.5, 0.6) is 0 Å². The molecule has 0 saturated heterocycles. The summed E-state index contributed by atoms with van der Waals surface area (Å²) in [6.45, 7) is 1.27. The van der Waals surface area contributed by atoms with Gasteiger partial charge in [-0.05, 0) is 28.4 Å². The molecule has 0 amide bonds. The zero-order chi connectivity index (χ0) is 15.9. The van der Waals surface area contributed by atoms with E-state index in [2.05, 4.69) is 15.9 Å². The van der Waals surface area contributed by atoms with Crippen LogP contribution in [0.3, 0.4) is 0 Å². The lowest BCUT2D eigenvalue weighted by Gasteiger charge is -2.21. The van der Waals surface area contributed by atoms with Gasteiger partial charge in [0.15, 0.2) is 0 Å². The Morgan fingerprint density at radius 3 is 2.48 bits per heavy atom. The molecule has 1 aromatic heterocycles. The Kier molecular flexibility index (Phi) is 8.32. The van der Waals surface area contributed by atoms with Gasteiger partial charge in [-0.15, -0.1) is 11.3 Å². The van der Waals surface area contributed by atoms with Gasteiger partial charge in [-0.25, -0.2) is 8.42 Å². The van der Waals surface area contributed by atoms with Crippen molar-refractivity contribution in [2.75, 3.05) is 40.5 Å². The minimum Gasteiger partial charge on any atom is -0.391 e. The molecule has 0 atom stereocenters. The molecule has 0 saturated carbocycles. The molecule has 1 aromatic rings. The average Bonchev–Trinajstić information content (AvgIpc) is 2.84. The summed E-state index contributed by atoms with van der Waals surface area (Å²) >= 11 is 4.47. The Bertz CT molecular complexity index is 532. The van der Waals surface area contributed by atoms with Gasteiger partial charge in [0, 0.05) is 38.8 Å². The van der Waals surface area contributed by atoms with E-state index in [-0.39, 0.29) is 18.0 Å². The van der Waals surface area contributed by atoms with Gasteiger partial charge in [0.2, 0.25) is 10.0 Å². The lowest BCUT2D eigenvalue weighted by atomic mass is 10.4. The fourth-order valence-corrected chi connectivity index (χ4v) is 5.68. The zero-order valence-corrected chi connectivity index (χ0v) is 15.3. The van der Waals surface area contributed by atoms with Gasteiger partial charge in [-0.1, -0.05) is 0 Å². The third-order valence-corrected chi connectivity index (χ3v) is 6.92. The van der Waals surface area contributed by atoms with Crippen LogP contribution >= 0.6 is 27.3 Å². The van der Waals surface area contributed by atoms with Crippen molar-refractivity contribution in [1.29, 1.82) is 0 Å². The summed E-state index contributed by atoms with van der Waals surface area (Å²) in [6.07, 6.45) is 0.605. The van der Waals surface area contributed by atoms with E-state index in [0.717, 1.165) is 0 Å². The lowest BCUT2D eigenvalue weighted by molar-refractivity contribution is 0.164. The molecule has 6 nitrogen and oxygen atoms in total. The molecule has 0 unspecified atom stereocenters. The molecule has 0 aliphatic heterocycles. The van der Waals surface area contributed by atoms with Crippen molar-refractivity contribution in [3.63, 3.8) is 0 Å². The molecule has 0 spiro atoms. The number of rotatable bonds is 10. The molecule has 9 heteroatoms. The summed E-state index contributed by atoms with van der Waals surface area (Å²) < 4.78 is 37.2. The highest BCUT2D eigenvalue weighted by Gasteiger charge is 2.27. The molecule has 1 rings (SSSR count). The number of ether oxygens (including phenoxy) is 2. The molecule has 0 aliphatic carbocycles. The SMILES string of the molecule is COCCCN(CCOC)S(=O)(=O)c1cc(CO)sc1Br. The van der Waals surface area contributed by atoms with Crippen molar-refractivity contribution in [1.82, 2.24) is 4.31 Å². The molecular weight excluding hydrogens is 382 g/mol. The second kappa shape index (κ2) is 9.19. The van der Waals surface area contributed by atoms with E-state index in [4.69, 9.17) is 14.6 Å². The smallest absolute Gasteiger partial charge is 0.245 e. The molecule has 0 radical (unpaired) electrons. The van der Waals surface area contributed by atoms with Crippen LogP contribution in [0.1, 0.15) is 11.3 Å². The highest BCUT2D eigenvalue weighted by molar-refractivity contribution is 9.11. The highest BCUT2D eigenvalue weighted by atomic mass is 79.9. The summed E-state index contributed by atoms with van der Waals surface area (Å²) in [5.41, 5.74) is 0. The number of sulfonamides is 1. The predicted molar refractivity (Wildman–Crippen MR) is 85.1 cm³/mol. The Balaban J connectivity index is 2.98. The van der Waals surface area contributed by atoms with Gasteiger partial charge in [-0.3, -0.25) is 0 Å². The summed E-state index contributed by atoms with van der Waals surface area (Å²) in [6, 6.07) is 1.50. The largest absolute Gasteiger partial charge is 0.391 e. The Morgan fingerprint density at radius 2 is 1.95 bits per heavy atom. The highest BCUT2D eigenvalue weighted by Crippen LogP contribution is 2.33. The monoisotopic (exact) mass is 401 g/mol. The quantitative estimate of drug-likeness (QED) is 0.603. The normalized spacial score (nSPS) is 12.2. The van der Waals surface area contributed by atoms with Crippen molar-refractivity contribution in [2.24, 2.45) is 0 Å². The third kappa shape index (κ3) is 5.27. The topological polar surface area (TPSA) is 76.1 Å². The molecule has 122 valence electrons. The third-order valence-electron chi connectivity index (χ3n) is 2.78. The minimum atomic E-state index is -3.62. The van der Waals surface area contributed by atoms with Crippen molar-refractivity contribution < 1.29 is 23.0 Å². The number of hydrogen-bond donors (Lipinski definition) is 1. The summed E-state index contributed by atoms with van der Waals surface area (Å²) in [7, 11) is -0.511. The van der Waals surface area contributed by atoms with Gasteiger partial charge in [0.25, 0.3) is 0 Å². The molecule has 1 heterocycles. The van der Waals surface area contributed by atoms with Crippen molar-refractivity contribution in [3.8, 4) is 0 Å². The van der Waals surface area contributed by atoms with Crippen LogP contribution in [-0.2, 0) is 26.1 Å². The van der Waals surface area contributed by atoms with Crippen LogP contribution in [0.2, 0.25) is 0 Å². The molecule has 0 aliphatic rings. The Morgan fingerprint density at radius 1 is 1.29 bits per heavy atom.